The van der Waals surface area contributed by atoms with Gasteiger partial charge in [0.05, 0.1) is 66.5 Å². The van der Waals surface area contributed by atoms with E-state index in [0.717, 1.165) is 206 Å². The molecule has 0 spiro atoms. The minimum atomic E-state index is -0.645. The van der Waals surface area contributed by atoms with Gasteiger partial charge in [-0.05, 0) is 211 Å². The highest BCUT2D eigenvalue weighted by Gasteiger charge is 2.34. The van der Waals surface area contributed by atoms with Crippen molar-refractivity contribution in [3.05, 3.63) is 237 Å². The fourth-order valence-corrected chi connectivity index (χ4v) is 19.7. The number of nitrogens with one attached hydrogen (secondary N) is 4. The van der Waals surface area contributed by atoms with Crippen molar-refractivity contribution in [1.82, 2.24) is 123 Å². The van der Waals surface area contributed by atoms with Crippen molar-refractivity contribution in [1.29, 1.82) is 0 Å². The largest absolute Gasteiger partial charge is 0.327 e. The first-order valence-corrected chi connectivity index (χ1v) is 49.4. The van der Waals surface area contributed by atoms with Gasteiger partial charge in [0.25, 0.3) is 0 Å². The molecule has 40 heteroatoms. The van der Waals surface area contributed by atoms with Gasteiger partial charge in [-0.25, -0.2) is 115 Å². The van der Waals surface area contributed by atoms with Crippen LogP contribution in [0.1, 0.15) is 167 Å². The second-order valence-corrected chi connectivity index (χ2v) is 40.0. The van der Waals surface area contributed by atoms with Gasteiger partial charge < -0.3 is 51.0 Å². The fourth-order valence-electron chi connectivity index (χ4n) is 19.7. The van der Waals surface area contributed by atoms with Gasteiger partial charge in [0.15, 0.2) is 46.5 Å². The van der Waals surface area contributed by atoms with Crippen molar-refractivity contribution in [2.45, 2.75) is 189 Å². The number of pyridine rings is 4. The number of anilines is 8. The Morgan fingerprint density at radius 3 is 1.02 bits per heavy atom. The number of rotatable bonds is 23. The van der Waals surface area contributed by atoms with Crippen LogP contribution in [0.2, 0.25) is 0 Å². The lowest BCUT2D eigenvalue weighted by Gasteiger charge is -2.33. The lowest BCUT2D eigenvalue weighted by Crippen LogP contribution is -2.46. The SMILES string of the molecule is C#CCN1CCc2nc(Nc3ncc(F)c(-c4cc(F)c5nc(C)n(C(C)C)c5c4)n3)ccc2C1.Cc1nc2c(F)cc(-c3nc(Nc4ccc5c(n4)CCN(CC#CCN(C)C)C5)ncc3F)cc2n1C(C)C.Cc1nc2c(F)cc(-c3nc(Nc4ccc5c(n4)CCN(CC(C)(C)N)C5)ncc3F)cc2n1C1CC1.Cc1nc2c(F)cc(-c3nc(Nc4ccc5c(n4)CCN(C[C@@H](C)N)C5)ncc3F)cc2n1C1CC1.Cl. The molecule has 0 radical (unpaired) electrons. The highest BCUT2D eigenvalue weighted by Crippen LogP contribution is 2.44. The summed E-state index contributed by atoms with van der Waals surface area (Å²) in [6, 6.07) is 28.5. The Labute approximate surface area is 857 Å². The molecule has 31 nitrogen and oxygen atoms in total. The molecule has 4 aromatic carbocycles. The molecular weight excluding hydrogens is 1920 g/mol. The number of benzene rings is 4. The topological polar surface area (TPSA) is 342 Å². The number of imidazole rings is 4. The maximum absolute atomic E-state index is 15.0. The van der Waals surface area contributed by atoms with Crippen LogP contribution in [-0.4, -0.2) is 207 Å². The Morgan fingerprint density at radius 1 is 0.399 bits per heavy atom. The van der Waals surface area contributed by atoms with Crippen LogP contribution >= 0.6 is 12.4 Å². The van der Waals surface area contributed by atoms with E-state index in [1.165, 1.54) is 29.8 Å². The Balaban J connectivity index is 0.000000129. The molecule has 0 unspecified atom stereocenters. The molecule has 766 valence electrons. The molecule has 2 saturated carbocycles. The van der Waals surface area contributed by atoms with E-state index >= 15 is 0 Å². The highest BCUT2D eigenvalue weighted by atomic mass is 35.5. The smallest absolute Gasteiger partial charge is 0.229 e. The average Bonchev–Trinajstić information content (AvgIpc) is 1.60. The molecular formula is C108H116ClF8N31. The predicted molar refractivity (Wildman–Crippen MR) is 559 cm³/mol. The van der Waals surface area contributed by atoms with Gasteiger partial charge in [-0.2, -0.15) is 0 Å². The zero-order chi connectivity index (χ0) is 103. The molecule has 22 rings (SSSR count). The molecule has 16 heterocycles. The quantitative estimate of drug-likeness (QED) is 0.0256. The summed E-state index contributed by atoms with van der Waals surface area (Å²) >= 11 is 0. The lowest BCUT2D eigenvalue weighted by molar-refractivity contribution is 0.208. The molecule has 8 N–H and O–H groups in total. The van der Waals surface area contributed by atoms with E-state index in [0.29, 0.717) is 109 Å². The van der Waals surface area contributed by atoms with Crippen molar-refractivity contribution >= 4 is 104 Å². The molecule has 4 aliphatic heterocycles. The van der Waals surface area contributed by atoms with Gasteiger partial charge in [-0.1, -0.05) is 42.0 Å². The zero-order valence-corrected chi connectivity index (χ0v) is 85.4. The van der Waals surface area contributed by atoms with Crippen molar-refractivity contribution in [3.8, 4) is 69.2 Å². The van der Waals surface area contributed by atoms with Gasteiger partial charge in [0, 0.05) is 172 Å². The maximum Gasteiger partial charge on any atom is 0.229 e. The van der Waals surface area contributed by atoms with Gasteiger partial charge in [-0.3, -0.25) is 24.5 Å². The highest BCUT2D eigenvalue weighted by molar-refractivity contribution is 5.87. The summed E-state index contributed by atoms with van der Waals surface area (Å²) in [6.07, 6.45) is 17.1. The first-order chi connectivity index (χ1) is 70.5. The molecule has 12 aromatic heterocycles. The van der Waals surface area contributed by atoms with E-state index in [4.69, 9.17) is 32.8 Å². The number of nitrogens with zero attached hydrogens (tertiary/aromatic N) is 25. The van der Waals surface area contributed by atoms with Crippen LogP contribution in [0, 0.1) is 98.4 Å². The molecule has 0 bridgehead atoms. The van der Waals surface area contributed by atoms with Crippen LogP contribution in [0.3, 0.4) is 0 Å². The number of aromatic nitrogens is 20. The van der Waals surface area contributed by atoms with E-state index in [1.807, 2.05) is 162 Å². The molecule has 0 amide bonds. The van der Waals surface area contributed by atoms with Crippen molar-refractivity contribution < 1.29 is 35.1 Å². The van der Waals surface area contributed by atoms with Gasteiger partial charge >= 0.3 is 0 Å². The van der Waals surface area contributed by atoms with Crippen molar-refractivity contribution in [2.75, 3.05) is 94.3 Å². The van der Waals surface area contributed by atoms with Crippen LogP contribution in [0.25, 0.3) is 89.2 Å². The molecule has 6 aliphatic rings. The van der Waals surface area contributed by atoms with E-state index in [-0.39, 0.29) is 93.7 Å². The summed E-state index contributed by atoms with van der Waals surface area (Å²) in [6.45, 7) is 31.8. The Kier molecular flexibility index (Phi) is 30.4. The van der Waals surface area contributed by atoms with Crippen LogP contribution in [0.4, 0.5) is 82.2 Å². The molecule has 1 atom stereocenters. The lowest BCUT2D eigenvalue weighted by atomic mass is 10.0. The van der Waals surface area contributed by atoms with Crippen molar-refractivity contribution in [3.63, 3.8) is 0 Å². The number of hydrogen-bond donors (Lipinski definition) is 6. The standard InChI is InChI=1S/C29H32F2N8.C27H30F2N8.C26H28F2N8.C26H25F2N7.ClH/c1-18(2)39-19(3)33-28-22(30)14-21(15-25(28)39)27-23(31)16-32-29(36-27)35-26-9-8-20-17-38(13-10-24(20)34-26)12-7-6-11-37(4)5;1-15-32-25-19(28)10-17(11-22(25)37(15)18-5-6-18)24-20(29)12-31-26(35-24)34-23-7-4-16-13-36(14-27(2,3)30)9-8-21(16)33-23;1-14(29)12-35-8-7-21-16(13-35)3-6-23(32-21)33-26-30-11-20(28)24(34-26)17-9-19(27)25-22(10-17)36(15(2)31-25)18-4-5-18;1-5-9-34-10-8-21-17(14-34)6-7-23(31-21)32-26-29-13-20(28)24(33-26)18-11-19(27)25-22(12-18)35(15(2)3)16(4)30-25;/h8-9,14-16,18H,10-13,17H2,1-5H3,(H,32,34,35,36);4,7,10-12,18H,5-6,8-9,13-14,30H2,1-3H3,(H,31,33,34,35);3,6,9-11,14,18H,4-5,7-8,12-13,29H2,1-2H3,(H,30,32,33,34);1,6-7,11-13,15H,8-10,14H2,2-4H3,(H,29,31,32,33);1H/t;;14-;;/m..1../s1. The molecule has 148 heavy (non-hydrogen) atoms. The van der Waals surface area contributed by atoms with Gasteiger partial charge in [0.2, 0.25) is 23.8 Å². The third-order valence-corrected chi connectivity index (χ3v) is 26.4. The Bertz CT molecular complexity index is 7840. The second kappa shape index (κ2) is 43.5. The number of halogens is 9. The number of terminal acetylenes is 1. The van der Waals surface area contributed by atoms with Gasteiger partial charge in [-0.15, -0.1) is 18.8 Å². The first kappa shape index (κ1) is 103. The minimum absolute atomic E-state index is 0. The maximum atomic E-state index is 15.0. The molecule has 16 aromatic rings. The van der Waals surface area contributed by atoms with Crippen LogP contribution in [-0.2, 0) is 51.9 Å². The minimum Gasteiger partial charge on any atom is -0.327 e. The second-order valence-electron chi connectivity index (χ2n) is 40.0. The Hall–Kier alpha value is -14.6. The van der Waals surface area contributed by atoms with Gasteiger partial charge in [0.1, 0.15) is 91.4 Å². The van der Waals surface area contributed by atoms with Crippen LogP contribution in [0.5, 0.6) is 0 Å². The molecule has 2 aliphatic carbocycles. The van der Waals surface area contributed by atoms with E-state index in [9.17, 15) is 35.1 Å². The summed E-state index contributed by atoms with van der Waals surface area (Å²) in [5.74, 6) is 10.4. The van der Waals surface area contributed by atoms with Crippen LogP contribution < -0.4 is 32.7 Å². The number of nitrogens with two attached hydrogens (primary N) is 2. The summed E-state index contributed by atoms with van der Waals surface area (Å²) in [5.41, 5.74) is 25.5. The number of fused-ring (bicyclic) bond motifs is 8. The zero-order valence-electron chi connectivity index (χ0n) is 84.6. The molecule has 0 saturated heterocycles. The van der Waals surface area contributed by atoms with E-state index in [1.54, 1.807) is 24.3 Å². The Morgan fingerprint density at radius 2 is 0.703 bits per heavy atom. The van der Waals surface area contributed by atoms with Crippen molar-refractivity contribution in [2.24, 2.45) is 11.5 Å². The number of hydrogen-bond acceptors (Lipinski definition) is 27. The van der Waals surface area contributed by atoms with Crippen LogP contribution in [0.15, 0.2) is 122 Å². The summed E-state index contributed by atoms with van der Waals surface area (Å²) < 4.78 is 127. The van der Waals surface area contributed by atoms with E-state index in [2.05, 4.69) is 123 Å². The number of aryl methyl sites for hydroxylation is 4. The predicted octanol–water partition coefficient (Wildman–Crippen LogP) is 18.8. The third kappa shape index (κ3) is 23.2. The summed E-state index contributed by atoms with van der Waals surface area (Å²) in [7, 11) is 4.01. The average molecular weight is 2040 g/mol. The van der Waals surface area contributed by atoms with E-state index < -0.39 is 46.5 Å². The fraction of sp³-hybridized carbons (Fsp3) is 0.370. The first-order valence-electron chi connectivity index (χ1n) is 49.4. The summed E-state index contributed by atoms with van der Waals surface area (Å²) in [4.78, 5) is 81.4. The summed E-state index contributed by atoms with van der Waals surface area (Å²) in [5, 5.41) is 12.3. The molecule has 2 fully saturated rings. The normalized spacial score (nSPS) is 15.0. The third-order valence-electron chi connectivity index (χ3n) is 26.4. The monoisotopic (exact) mass is 2030 g/mol.